The van der Waals surface area contributed by atoms with Gasteiger partial charge in [-0.2, -0.15) is 0 Å². The van der Waals surface area contributed by atoms with Crippen molar-refractivity contribution < 1.29 is 9.59 Å². The number of fused-ring (bicyclic) bond motifs is 2. The molecule has 0 spiro atoms. The molecule has 0 atom stereocenters. The average molecular weight is 407 g/mol. The molecule has 2 aromatic heterocycles. The zero-order chi connectivity index (χ0) is 21.2. The average Bonchev–Trinajstić information content (AvgIpc) is 3.21. The summed E-state index contributed by atoms with van der Waals surface area (Å²) >= 11 is 0. The summed E-state index contributed by atoms with van der Waals surface area (Å²) in [6, 6.07) is 23.8. The molecular weight excluding hydrogens is 390 g/mol. The van der Waals surface area contributed by atoms with Crippen LogP contribution in [-0.4, -0.2) is 26.8 Å². The lowest BCUT2D eigenvalue weighted by atomic mass is 10.1. The number of hydrogen-bond acceptors (Lipinski definition) is 4. The van der Waals surface area contributed by atoms with Gasteiger partial charge >= 0.3 is 0 Å². The van der Waals surface area contributed by atoms with Crippen molar-refractivity contribution in [2.24, 2.45) is 0 Å². The molecule has 3 N–H and O–H groups in total. The number of benzene rings is 3. The van der Waals surface area contributed by atoms with Crippen LogP contribution < -0.4 is 10.6 Å². The maximum Gasteiger partial charge on any atom is 0.276 e. The number of aromatic amines is 1. The molecule has 0 aliphatic rings. The molecule has 5 rings (SSSR count). The Labute approximate surface area is 177 Å². The van der Waals surface area contributed by atoms with E-state index in [1.165, 1.54) is 0 Å². The fourth-order valence-corrected chi connectivity index (χ4v) is 3.38. The summed E-state index contributed by atoms with van der Waals surface area (Å²) in [5.41, 5.74) is 2.51. The number of carbonyl (C=O) groups excluding carboxylic acids is 2. The van der Waals surface area contributed by atoms with Crippen molar-refractivity contribution in [3.05, 3.63) is 96.3 Å². The summed E-state index contributed by atoms with van der Waals surface area (Å²) in [5, 5.41) is 7.47. The summed E-state index contributed by atoms with van der Waals surface area (Å²) < 4.78 is 0. The summed E-state index contributed by atoms with van der Waals surface area (Å²) in [7, 11) is 0. The Morgan fingerprint density at radius 2 is 1.55 bits per heavy atom. The number of pyridine rings is 1. The van der Waals surface area contributed by atoms with Crippen LogP contribution in [0.25, 0.3) is 21.8 Å². The Bertz CT molecular complexity index is 1430. The number of imidazole rings is 1. The van der Waals surface area contributed by atoms with Crippen LogP contribution in [-0.2, 0) is 0 Å². The highest BCUT2D eigenvalue weighted by Crippen LogP contribution is 2.21. The van der Waals surface area contributed by atoms with Crippen LogP contribution in [0.2, 0.25) is 0 Å². The molecule has 0 fully saturated rings. The van der Waals surface area contributed by atoms with Gasteiger partial charge in [0, 0.05) is 17.3 Å². The Balaban J connectivity index is 1.41. The van der Waals surface area contributed by atoms with Gasteiger partial charge in [0.25, 0.3) is 11.8 Å². The number of amides is 2. The number of carbonyl (C=O) groups is 2. The van der Waals surface area contributed by atoms with Gasteiger partial charge in [-0.05, 0) is 35.7 Å². The second kappa shape index (κ2) is 7.72. The Kier molecular flexibility index (Phi) is 4.61. The highest BCUT2D eigenvalue weighted by Gasteiger charge is 2.16. The number of anilines is 2. The molecule has 2 heterocycles. The Morgan fingerprint density at radius 3 is 2.39 bits per heavy atom. The van der Waals surface area contributed by atoms with Gasteiger partial charge in [-0.25, -0.2) is 4.98 Å². The van der Waals surface area contributed by atoms with E-state index >= 15 is 0 Å². The Hall–Kier alpha value is -4.52. The molecule has 31 heavy (non-hydrogen) atoms. The second-order valence-corrected chi connectivity index (χ2v) is 6.98. The van der Waals surface area contributed by atoms with E-state index in [0.29, 0.717) is 22.3 Å². The zero-order valence-electron chi connectivity index (χ0n) is 16.3. The topological polar surface area (TPSA) is 99.8 Å². The smallest absolute Gasteiger partial charge is 0.276 e. The first-order valence-electron chi connectivity index (χ1n) is 9.69. The number of H-pyrrole nitrogens is 1. The molecule has 0 bridgehead atoms. The second-order valence-electron chi connectivity index (χ2n) is 6.98. The highest BCUT2D eigenvalue weighted by molar-refractivity contribution is 6.12. The van der Waals surface area contributed by atoms with E-state index in [1.54, 1.807) is 30.5 Å². The van der Waals surface area contributed by atoms with Gasteiger partial charge < -0.3 is 10.3 Å². The van der Waals surface area contributed by atoms with Crippen molar-refractivity contribution in [3.63, 3.8) is 0 Å². The van der Waals surface area contributed by atoms with Crippen molar-refractivity contribution in [3.8, 4) is 0 Å². The molecule has 2 amide bonds. The van der Waals surface area contributed by atoms with Crippen LogP contribution in [0.5, 0.6) is 0 Å². The highest BCUT2D eigenvalue weighted by atomic mass is 16.2. The third-order valence-electron chi connectivity index (χ3n) is 4.89. The molecule has 3 aromatic carbocycles. The predicted octanol–water partition coefficient (Wildman–Crippen LogP) is 4.62. The molecule has 0 saturated heterocycles. The molecular formula is C24H17N5O2. The molecule has 0 radical (unpaired) electrons. The minimum absolute atomic E-state index is 0.245. The molecule has 7 heteroatoms. The Morgan fingerprint density at radius 1 is 0.774 bits per heavy atom. The lowest BCUT2D eigenvalue weighted by Gasteiger charge is -2.05. The van der Waals surface area contributed by atoms with E-state index in [1.807, 2.05) is 54.6 Å². The summed E-state index contributed by atoms with van der Waals surface area (Å²) in [5.74, 6) is -0.412. The largest absolute Gasteiger partial charge is 0.323 e. The van der Waals surface area contributed by atoms with Gasteiger partial charge in [0.2, 0.25) is 5.95 Å². The number of aromatic nitrogens is 3. The maximum atomic E-state index is 12.7. The molecule has 5 aromatic rings. The van der Waals surface area contributed by atoms with Gasteiger partial charge in [0.1, 0.15) is 5.69 Å². The van der Waals surface area contributed by atoms with E-state index in [4.69, 9.17) is 0 Å². The fraction of sp³-hybridized carbons (Fsp3) is 0. The first-order chi connectivity index (χ1) is 15.2. The van der Waals surface area contributed by atoms with Crippen molar-refractivity contribution in [1.29, 1.82) is 0 Å². The number of para-hydroxylation sites is 2. The molecule has 7 nitrogen and oxygen atoms in total. The van der Waals surface area contributed by atoms with Crippen LogP contribution in [0.3, 0.4) is 0 Å². The molecule has 0 aliphatic carbocycles. The normalized spacial score (nSPS) is 10.8. The number of nitrogens with zero attached hydrogens (tertiary/aromatic N) is 2. The first kappa shape index (κ1) is 18.5. The zero-order valence-corrected chi connectivity index (χ0v) is 16.3. The monoisotopic (exact) mass is 407 g/mol. The third kappa shape index (κ3) is 3.72. The van der Waals surface area contributed by atoms with Crippen LogP contribution in [0.1, 0.15) is 20.8 Å². The summed E-state index contributed by atoms with van der Waals surface area (Å²) in [6.45, 7) is 0. The number of rotatable bonds is 4. The van der Waals surface area contributed by atoms with Crippen LogP contribution >= 0.6 is 0 Å². The quantitative estimate of drug-likeness (QED) is 0.405. The van der Waals surface area contributed by atoms with Gasteiger partial charge in [0.15, 0.2) is 0 Å². The molecule has 0 saturated carbocycles. The summed E-state index contributed by atoms with van der Waals surface area (Å²) in [4.78, 5) is 37.1. The van der Waals surface area contributed by atoms with E-state index < -0.39 is 0 Å². The number of hydrogen-bond donors (Lipinski definition) is 3. The maximum absolute atomic E-state index is 12.7. The van der Waals surface area contributed by atoms with Gasteiger partial charge in [-0.1, -0.05) is 48.5 Å². The van der Waals surface area contributed by atoms with Crippen LogP contribution in [0.4, 0.5) is 11.6 Å². The van der Waals surface area contributed by atoms with E-state index in [2.05, 4.69) is 25.6 Å². The van der Waals surface area contributed by atoms with Crippen LogP contribution in [0, 0.1) is 0 Å². The van der Waals surface area contributed by atoms with Crippen molar-refractivity contribution in [1.82, 2.24) is 15.0 Å². The van der Waals surface area contributed by atoms with E-state index in [9.17, 15) is 9.59 Å². The number of nitrogens with one attached hydrogen (secondary N) is 3. The van der Waals surface area contributed by atoms with E-state index in [-0.39, 0.29) is 23.5 Å². The first-order valence-corrected chi connectivity index (χ1v) is 9.69. The van der Waals surface area contributed by atoms with Gasteiger partial charge in [-0.3, -0.25) is 19.9 Å². The van der Waals surface area contributed by atoms with E-state index in [0.717, 1.165) is 10.8 Å². The molecule has 0 unspecified atom stereocenters. The lowest BCUT2D eigenvalue weighted by molar-refractivity contribution is 0.101. The fourth-order valence-electron chi connectivity index (χ4n) is 3.38. The van der Waals surface area contributed by atoms with Gasteiger partial charge in [0.05, 0.1) is 16.6 Å². The summed E-state index contributed by atoms with van der Waals surface area (Å²) in [6.07, 6.45) is 1.66. The molecule has 0 aliphatic heterocycles. The minimum Gasteiger partial charge on any atom is -0.323 e. The SMILES string of the molecule is O=C(Nc1nc2cccc(C(=O)Nc3ccccc3)c2[nH]1)c1cc2ccccc2cn1. The van der Waals surface area contributed by atoms with Crippen molar-refractivity contribution >= 4 is 45.3 Å². The predicted molar refractivity (Wildman–Crippen MR) is 120 cm³/mol. The molecule has 150 valence electrons. The van der Waals surface area contributed by atoms with Crippen molar-refractivity contribution in [2.45, 2.75) is 0 Å². The third-order valence-corrected chi connectivity index (χ3v) is 4.89. The standard InChI is InChI=1S/C24H17N5O2/c30-22(26-17-9-2-1-3-10-17)18-11-6-12-19-21(18)28-24(27-19)29-23(31)20-13-15-7-4-5-8-16(15)14-25-20/h1-14H,(H,26,30)(H2,27,28,29,31). The van der Waals surface area contributed by atoms with Gasteiger partial charge in [-0.15, -0.1) is 0 Å². The lowest BCUT2D eigenvalue weighted by Crippen LogP contribution is -2.14. The minimum atomic E-state index is -0.389. The van der Waals surface area contributed by atoms with Crippen LogP contribution in [0.15, 0.2) is 85.1 Å². The van der Waals surface area contributed by atoms with Crippen molar-refractivity contribution in [2.75, 3.05) is 10.6 Å².